The Bertz CT molecular complexity index is 836. The van der Waals surface area contributed by atoms with Crippen molar-refractivity contribution in [1.29, 1.82) is 0 Å². The number of carbonyl (C=O) groups is 1. The third-order valence-corrected chi connectivity index (χ3v) is 6.18. The van der Waals surface area contributed by atoms with Gasteiger partial charge in [-0.05, 0) is 58.1 Å². The molecular weight excluding hydrogens is 352 g/mol. The maximum Gasteiger partial charge on any atom is 0.225 e. The number of fused-ring (bicyclic) bond motifs is 1. The molecule has 4 rings (SSSR count). The Morgan fingerprint density at radius 1 is 1.29 bits per heavy atom. The molecule has 0 aromatic carbocycles. The number of hydrogen-bond donors (Lipinski definition) is 0. The van der Waals surface area contributed by atoms with E-state index >= 15 is 0 Å². The molecule has 2 aliphatic heterocycles. The highest BCUT2D eigenvalue weighted by atomic mass is 16.5. The lowest BCUT2D eigenvalue weighted by molar-refractivity contribution is -0.146. The summed E-state index contributed by atoms with van der Waals surface area (Å²) in [7, 11) is 0. The molecule has 4 heterocycles. The SMILES string of the molecule is CCCc1nc2cccnc2n1C1CCN(C(=O)[C@@H]2CCOC(C)(C)C2)CC1. The molecule has 0 aliphatic carbocycles. The first-order valence-electron chi connectivity index (χ1n) is 10.7. The van der Waals surface area contributed by atoms with Crippen LogP contribution in [0.5, 0.6) is 0 Å². The van der Waals surface area contributed by atoms with Crippen molar-refractivity contribution in [2.75, 3.05) is 19.7 Å². The molecular formula is C22H32N4O2. The van der Waals surface area contributed by atoms with Gasteiger partial charge < -0.3 is 14.2 Å². The van der Waals surface area contributed by atoms with E-state index in [0.717, 1.165) is 68.6 Å². The van der Waals surface area contributed by atoms with E-state index in [9.17, 15) is 4.79 Å². The fourth-order valence-corrected chi connectivity index (χ4v) is 4.81. The normalized spacial score (nSPS) is 23.2. The summed E-state index contributed by atoms with van der Waals surface area (Å²) in [5, 5.41) is 0. The second kappa shape index (κ2) is 7.82. The number of hydrogen-bond acceptors (Lipinski definition) is 4. The molecule has 6 nitrogen and oxygen atoms in total. The lowest BCUT2D eigenvalue weighted by Crippen LogP contribution is -2.46. The molecule has 6 heteroatoms. The van der Waals surface area contributed by atoms with Gasteiger partial charge in [-0.2, -0.15) is 0 Å². The summed E-state index contributed by atoms with van der Waals surface area (Å²) in [5.74, 6) is 1.55. The van der Waals surface area contributed by atoms with E-state index < -0.39 is 0 Å². The number of amides is 1. The van der Waals surface area contributed by atoms with Crippen LogP contribution in [0.25, 0.3) is 11.2 Å². The van der Waals surface area contributed by atoms with Gasteiger partial charge in [-0.3, -0.25) is 4.79 Å². The highest BCUT2D eigenvalue weighted by Gasteiger charge is 2.36. The average Bonchev–Trinajstić information content (AvgIpc) is 3.05. The van der Waals surface area contributed by atoms with Gasteiger partial charge in [-0.15, -0.1) is 0 Å². The van der Waals surface area contributed by atoms with Crippen molar-refractivity contribution in [1.82, 2.24) is 19.4 Å². The van der Waals surface area contributed by atoms with Crippen molar-refractivity contribution in [2.24, 2.45) is 5.92 Å². The van der Waals surface area contributed by atoms with Gasteiger partial charge in [0.25, 0.3) is 0 Å². The van der Waals surface area contributed by atoms with Crippen LogP contribution in [0.3, 0.4) is 0 Å². The van der Waals surface area contributed by atoms with Crippen molar-refractivity contribution in [2.45, 2.75) is 70.9 Å². The molecule has 1 amide bonds. The van der Waals surface area contributed by atoms with Gasteiger partial charge in [-0.1, -0.05) is 6.92 Å². The summed E-state index contributed by atoms with van der Waals surface area (Å²) in [4.78, 5) is 24.6. The molecule has 0 spiro atoms. The van der Waals surface area contributed by atoms with Crippen molar-refractivity contribution < 1.29 is 9.53 Å². The first-order valence-corrected chi connectivity index (χ1v) is 10.7. The Balaban J connectivity index is 1.47. The average molecular weight is 385 g/mol. The first-order chi connectivity index (χ1) is 13.5. The van der Waals surface area contributed by atoms with E-state index in [0.29, 0.717) is 18.6 Å². The zero-order valence-corrected chi connectivity index (χ0v) is 17.4. The minimum atomic E-state index is -0.187. The number of aromatic nitrogens is 3. The summed E-state index contributed by atoms with van der Waals surface area (Å²) in [6.45, 7) is 8.69. The van der Waals surface area contributed by atoms with Gasteiger partial charge in [0.05, 0.1) is 5.60 Å². The number of ether oxygens (including phenoxy) is 1. The van der Waals surface area contributed by atoms with Gasteiger partial charge in [0.1, 0.15) is 11.3 Å². The van der Waals surface area contributed by atoms with Crippen LogP contribution in [-0.2, 0) is 16.0 Å². The smallest absolute Gasteiger partial charge is 0.225 e. The molecule has 0 radical (unpaired) electrons. The zero-order chi connectivity index (χ0) is 19.7. The minimum absolute atomic E-state index is 0.103. The highest BCUT2D eigenvalue weighted by Crippen LogP contribution is 2.33. The van der Waals surface area contributed by atoms with Crippen LogP contribution in [0.4, 0.5) is 0 Å². The number of aryl methyl sites for hydroxylation is 1. The van der Waals surface area contributed by atoms with Gasteiger partial charge >= 0.3 is 0 Å². The van der Waals surface area contributed by atoms with Crippen molar-refractivity contribution in [3.63, 3.8) is 0 Å². The van der Waals surface area contributed by atoms with E-state index in [2.05, 4.69) is 35.2 Å². The van der Waals surface area contributed by atoms with Crippen LogP contribution in [0, 0.1) is 5.92 Å². The lowest BCUT2D eigenvalue weighted by Gasteiger charge is -2.39. The number of nitrogens with zero attached hydrogens (tertiary/aromatic N) is 4. The zero-order valence-electron chi connectivity index (χ0n) is 17.4. The number of carbonyl (C=O) groups excluding carboxylic acids is 1. The molecule has 0 unspecified atom stereocenters. The Labute approximate surface area is 167 Å². The van der Waals surface area contributed by atoms with E-state index in [-0.39, 0.29) is 11.5 Å². The predicted molar refractivity (Wildman–Crippen MR) is 109 cm³/mol. The number of rotatable bonds is 4. The van der Waals surface area contributed by atoms with E-state index in [1.54, 1.807) is 0 Å². The monoisotopic (exact) mass is 384 g/mol. The van der Waals surface area contributed by atoms with Gasteiger partial charge in [-0.25, -0.2) is 9.97 Å². The Morgan fingerprint density at radius 2 is 2.07 bits per heavy atom. The fraction of sp³-hybridized carbons (Fsp3) is 0.682. The molecule has 2 fully saturated rings. The third-order valence-electron chi connectivity index (χ3n) is 6.18. The van der Waals surface area contributed by atoms with Crippen LogP contribution in [0.15, 0.2) is 18.3 Å². The Kier molecular flexibility index (Phi) is 5.41. The summed E-state index contributed by atoms with van der Waals surface area (Å²) >= 11 is 0. The van der Waals surface area contributed by atoms with E-state index in [4.69, 9.17) is 9.72 Å². The molecule has 2 aliphatic rings. The highest BCUT2D eigenvalue weighted by molar-refractivity contribution is 5.79. The molecule has 0 bridgehead atoms. The standard InChI is InChI=1S/C22H32N4O2/c1-4-6-19-24-18-7-5-11-23-20(18)26(19)17-8-12-25(13-9-17)21(27)16-10-14-28-22(2,3)15-16/h5,7,11,16-17H,4,6,8-10,12-15H2,1-3H3/t16-/m1/s1. The molecule has 0 N–H and O–H groups in total. The summed E-state index contributed by atoms with van der Waals surface area (Å²) in [6.07, 6.45) is 7.49. The van der Waals surface area contributed by atoms with E-state index in [1.165, 1.54) is 0 Å². The van der Waals surface area contributed by atoms with Crippen LogP contribution in [-0.4, -0.2) is 50.6 Å². The summed E-state index contributed by atoms with van der Waals surface area (Å²) in [6, 6.07) is 4.37. The van der Waals surface area contributed by atoms with Crippen LogP contribution >= 0.6 is 0 Å². The largest absolute Gasteiger partial charge is 0.376 e. The molecule has 2 aromatic heterocycles. The van der Waals surface area contributed by atoms with Crippen molar-refractivity contribution in [3.05, 3.63) is 24.2 Å². The number of pyridine rings is 1. The molecule has 2 saturated heterocycles. The second-order valence-corrected chi connectivity index (χ2v) is 8.85. The lowest BCUT2D eigenvalue weighted by atomic mass is 9.87. The van der Waals surface area contributed by atoms with Gasteiger partial charge in [0, 0.05) is 44.3 Å². The van der Waals surface area contributed by atoms with E-state index in [1.807, 2.05) is 18.3 Å². The Morgan fingerprint density at radius 3 is 2.79 bits per heavy atom. The maximum absolute atomic E-state index is 13.1. The summed E-state index contributed by atoms with van der Waals surface area (Å²) in [5.41, 5.74) is 1.78. The van der Waals surface area contributed by atoms with Crippen molar-refractivity contribution >= 4 is 17.1 Å². The number of piperidine rings is 1. The minimum Gasteiger partial charge on any atom is -0.376 e. The van der Waals surface area contributed by atoms with Crippen LogP contribution in [0.1, 0.15) is 64.7 Å². The van der Waals surface area contributed by atoms with Crippen LogP contribution < -0.4 is 0 Å². The Hall–Kier alpha value is -1.95. The quantitative estimate of drug-likeness (QED) is 0.805. The molecule has 152 valence electrons. The molecule has 1 atom stereocenters. The summed E-state index contributed by atoms with van der Waals surface area (Å²) < 4.78 is 8.13. The topological polar surface area (TPSA) is 60.2 Å². The fourth-order valence-electron chi connectivity index (χ4n) is 4.81. The number of likely N-dealkylation sites (tertiary alicyclic amines) is 1. The molecule has 2 aromatic rings. The maximum atomic E-state index is 13.1. The molecule has 0 saturated carbocycles. The number of imidazole rings is 1. The van der Waals surface area contributed by atoms with Crippen LogP contribution in [0.2, 0.25) is 0 Å². The second-order valence-electron chi connectivity index (χ2n) is 8.85. The van der Waals surface area contributed by atoms with Gasteiger partial charge in [0.2, 0.25) is 5.91 Å². The first kappa shape index (κ1) is 19.4. The van der Waals surface area contributed by atoms with Crippen molar-refractivity contribution in [3.8, 4) is 0 Å². The predicted octanol–water partition coefficient (Wildman–Crippen LogP) is 3.75. The third kappa shape index (κ3) is 3.79. The van der Waals surface area contributed by atoms with Gasteiger partial charge in [0.15, 0.2) is 5.65 Å². The molecule has 28 heavy (non-hydrogen) atoms.